The number of hydrogen-bond acceptors (Lipinski definition) is 3. The molecule has 2 aromatic carbocycles. The highest BCUT2D eigenvalue weighted by atomic mass is 32.2. The van der Waals surface area contributed by atoms with Crippen molar-refractivity contribution >= 4 is 9.84 Å². The van der Waals surface area contributed by atoms with E-state index in [2.05, 4.69) is 0 Å². The molecule has 0 fully saturated rings. The minimum Gasteiger partial charge on any atom is -0.381 e. The second-order valence-electron chi connectivity index (χ2n) is 4.87. The van der Waals surface area contributed by atoms with E-state index in [1.54, 1.807) is 0 Å². The van der Waals surface area contributed by atoms with Gasteiger partial charge >= 0.3 is 11.4 Å². The quantitative estimate of drug-likeness (QED) is 0.838. The van der Waals surface area contributed by atoms with E-state index in [0.717, 1.165) is 24.3 Å². The minimum absolute atomic E-state index is 0.490. The molecule has 0 saturated heterocycles. The Morgan fingerprint density at radius 2 is 1.33 bits per heavy atom. The summed E-state index contributed by atoms with van der Waals surface area (Å²) in [6, 6.07) is 8.52. The van der Waals surface area contributed by atoms with Gasteiger partial charge in [0, 0.05) is 0 Å². The molecular formula is C15H11F5O3S. The van der Waals surface area contributed by atoms with Crippen molar-refractivity contribution in [3.8, 4) is 0 Å². The molecule has 0 bridgehead atoms. The molecule has 0 radical (unpaired) electrons. The molecule has 1 N–H and O–H groups in total. The van der Waals surface area contributed by atoms with E-state index in [0.29, 0.717) is 12.1 Å². The van der Waals surface area contributed by atoms with Gasteiger partial charge in [0.1, 0.15) is 0 Å². The summed E-state index contributed by atoms with van der Waals surface area (Å²) in [5, 5.41) is 4.91. The smallest absolute Gasteiger partial charge is 0.381 e. The van der Waals surface area contributed by atoms with Gasteiger partial charge in [0.15, 0.2) is 6.10 Å². The average molecular weight is 366 g/mol. The zero-order valence-corrected chi connectivity index (χ0v) is 12.7. The predicted molar refractivity (Wildman–Crippen MR) is 75.0 cm³/mol. The van der Waals surface area contributed by atoms with E-state index in [1.165, 1.54) is 18.2 Å². The Kier molecular flexibility index (Phi) is 4.69. The fourth-order valence-corrected chi connectivity index (χ4v) is 3.33. The molecule has 0 aromatic heterocycles. The first-order chi connectivity index (χ1) is 11.0. The zero-order chi connectivity index (χ0) is 18.2. The van der Waals surface area contributed by atoms with Crippen LogP contribution in [0.2, 0.25) is 0 Å². The highest BCUT2D eigenvalue weighted by molar-refractivity contribution is 7.92. The monoisotopic (exact) mass is 366 g/mol. The van der Waals surface area contributed by atoms with Crippen molar-refractivity contribution in [2.45, 2.75) is 22.4 Å². The summed E-state index contributed by atoms with van der Waals surface area (Å²) in [7, 11) is -5.40. The number of halogens is 5. The molecule has 9 heteroatoms. The second-order valence-corrected chi connectivity index (χ2v) is 6.89. The van der Waals surface area contributed by atoms with Crippen LogP contribution in [0.15, 0.2) is 59.5 Å². The number of aliphatic hydroxyl groups is 1. The highest BCUT2D eigenvalue weighted by Crippen LogP contribution is 2.43. The van der Waals surface area contributed by atoms with Gasteiger partial charge in [0.05, 0.1) is 10.5 Å². The molecule has 2 rings (SSSR count). The maximum Gasteiger partial charge on any atom is 0.416 e. The van der Waals surface area contributed by atoms with Crippen molar-refractivity contribution in [2.75, 3.05) is 0 Å². The van der Waals surface area contributed by atoms with Crippen molar-refractivity contribution in [1.29, 1.82) is 0 Å². The standard InChI is InChI=1S/C15H11F5O3S/c16-14(17,18)12-9-5-4-8-11(12)13(21)15(19,20)24(22,23)10-6-2-1-3-7-10/h1-9,13,21H. The van der Waals surface area contributed by atoms with Crippen LogP contribution in [0, 0.1) is 0 Å². The second kappa shape index (κ2) is 6.14. The van der Waals surface area contributed by atoms with Crippen LogP contribution in [-0.4, -0.2) is 18.8 Å². The summed E-state index contributed by atoms with van der Waals surface area (Å²) in [6.07, 6.45) is -8.20. The first kappa shape index (κ1) is 18.3. The molecule has 3 nitrogen and oxygen atoms in total. The maximum absolute atomic E-state index is 14.3. The topological polar surface area (TPSA) is 54.4 Å². The van der Waals surface area contributed by atoms with E-state index in [-0.39, 0.29) is 0 Å². The van der Waals surface area contributed by atoms with Gasteiger partial charge in [-0.1, -0.05) is 36.4 Å². The molecule has 0 amide bonds. The van der Waals surface area contributed by atoms with Gasteiger partial charge in [-0.2, -0.15) is 22.0 Å². The van der Waals surface area contributed by atoms with E-state index in [1.807, 2.05) is 0 Å². The first-order valence-electron chi connectivity index (χ1n) is 6.51. The molecular weight excluding hydrogens is 355 g/mol. The molecule has 2 aromatic rings. The lowest BCUT2D eigenvalue weighted by atomic mass is 10.0. The van der Waals surface area contributed by atoms with Crippen LogP contribution < -0.4 is 0 Å². The molecule has 1 atom stereocenters. The predicted octanol–water partition coefficient (Wildman–Crippen LogP) is 3.81. The Hall–Kier alpha value is -2.00. The molecule has 0 heterocycles. The normalized spacial score (nSPS) is 14.4. The molecule has 0 aliphatic carbocycles. The van der Waals surface area contributed by atoms with Crippen LogP contribution in [0.5, 0.6) is 0 Å². The van der Waals surface area contributed by atoms with Gasteiger partial charge in [-0.25, -0.2) is 8.42 Å². The summed E-state index contributed by atoms with van der Waals surface area (Å²) < 4.78 is 91.5. The Morgan fingerprint density at radius 1 is 0.833 bits per heavy atom. The Balaban J connectivity index is 2.55. The Bertz CT molecular complexity index is 817. The lowest BCUT2D eigenvalue weighted by Gasteiger charge is -2.25. The third-order valence-electron chi connectivity index (χ3n) is 3.29. The minimum atomic E-state index is -5.40. The number of alkyl halides is 5. The van der Waals surface area contributed by atoms with Gasteiger partial charge in [-0.05, 0) is 23.8 Å². The van der Waals surface area contributed by atoms with Crippen LogP contribution >= 0.6 is 0 Å². The molecule has 0 saturated carbocycles. The summed E-state index contributed by atoms with van der Waals surface area (Å²) in [4.78, 5) is -0.807. The number of sulfone groups is 1. The van der Waals surface area contributed by atoms with E-state index in [4.69, 9.17) is 0 Å². The van der Waals surface area contributed by atoms with E-state index >= 15 is 0 Å². The fraction of sp³-hybridized carbons (Fsp3) is 0.200. The Labute approximate surface area is 134 Å². The van der Waals surface area contributed by atoms with Crippen LogP contribution in [0.3, 0.4) is 0 Å². The van der Waals surface area contributed by atoms with Gasteiger partial charge in [-0.15, -0.1) is 0 Å². The van der Waals surface area contributed by atoms with Crippen molar-refractivity contribution in [3.05, 3.63) is 65.7 Å². The van der Waals surface area contributed by atoms with Gasteiger partial charge in [-0.3, -0.25) is 0 Å². The zero-order valence-electron chi connectivity index (χ0n) is 11.8. The number of rotatable bonds is 4. The van der Waals surface area contributed by atoms with Crippen LogP contribution in [0.1, 0.15) is 17.2 Å². The maximum atomic E-state index is 14.3. The third-order valence-corrected chi connectivity index (χ3v) is 5.12. The van der Waals surface area contributed by atoms with Gasteiger partial charge < -0.3 is 5.11 Å². The van der Waals surface area contributed by atoms with E-state index < -0.39 is 43.4 Å². The first-order valence-corrected chi connectivity index (χ1v) is 7.99. The Morgan fingerprint density at radius 3 is 1.88 bits per heavy atom. The van der Waals surface area contributed by atoms with Crippen molar-refractivity contribution in [3.63, 3.8) is 0 Å². The molecule has 1 unspecified atom stereocenters. The van der Waals surface area contributed by atoms with E-state index in [9.17, 15) is 35.5 Å². The van der Waals surface area contributed by atoms with Crippen molar-refractivity contribution < 1.29 is 35.5 Å². The molecule has 0 spiro atoms. The van der Waals surface area contributed by atoms with Gasteiger partial charge in [0.2, 0.25) is 9.84 Å². The number of aliphatic hydroxyl groups excluding tert-OH is 1. The molecule has 0 aliphatic heterocycles. The summed E-state index contributed by atoms with van der Waals surface area (Å²) in [5.74, 6) is 0. The largest absolute Gasteiger partial charge is 0.416 e. The van der Waals surface area contributed by atoms with Gasteiger partial charge in [0.25, 0.3) is 0 Å². The average Bonchev–Trinajstić information content (AvgIpc) is 2.54. The molecule has 24 heavy (non-hydrogen) atoms. The third kappa shape index (κ3) is 3.13. The summed E-state index contributed by atoms with van der Waals surface area (Å²) >= 11 is 0. The lowest BCUT2D eigenvalue weighted by Crippen LogP contribution is -2.36. The number of benzene rings is 2. The summed E-state index contributed by atoms with van der Waals surface area (Å²) in [6.45, 7) is 0. The molecule has 0 aliphatic rings. The van der Waals surface area contributed by atoms with Crippen LogP contribution in [0.4, 0.5) is 22.0 Å². The van der Waals surface area contributed by atoms with Crippen LogP contribution in [-0.2, 0) is 16.0 Å². The highest BCUT2D eigenvalue weighted by Gasteiger charge is 2.54. The number of hydrogen-bond donors (Lipinski definition) is 1. The SMILES string of the molecule is O=S(=O)(c1ccccc1)C(F)(F)C(O)c1ccccc1C(F)(F)F. The van der Waals surface area contributed by atoms with Crippen LogP contribution in [0.25, 0.3) is 0 Å². The summed E-state index contributed by atoms with van der Waals surface area (Å²) in [5.41, 5.74) is -2.74. The van der Waals surface area contributed by atoms with Crippen molar-refractivity contribution in [2.24, 2.45) is 0 Å². The van der Waals surface area contributed by atoms with Crippen molar-refractivity contribution in [1.82, 2.24) is 0 Å². The molecule has 130 valence electrons. The fourth-order valence-electron chi connectivity index (χ4n) is 2.08. The lowest BCUT2D eigenvalue weighted by molar-refractivity contribution is -0.140.